The van der Waals surface area contributed by atoms with Crippen LogP contribution in [-0.2, 0) is 9.59 Å². The van der Waals surface area contributed by atoms with E-state index in [0.29, 0.717) is 45.1 Å². The number of carboxylic acids is 1. The molecule has 3 N–H and O–H groups in total. The molecular weight excluding hydrogens is 486 g/mol. The normalized spacial score (nSPS) is 28.3. The Labute approximate surface area is 215 Å². The minimum Gasteiger partial charge on any atom is -0.496 e. The van der Waals surface area contributed by atoms with Crippen molar-refractivity contribution in [3.05, 3.63) is 23.5 Å². The maximum absolute atomic E-state index is 14.8. The first kappa shape index (κ1) is 27.1. The third kappa shape index (κ3) is 5.99. The first-order valence-electron chi connectivity index (χ1n) is 13.0. The van der Waals surface area contributed by atoms with Crippen molar-refractivity contribution >= 4 is 17.8 Å². The van der Waals surface area contributed by atoms with E-state index in [9.17, 15) is 28.3 Å². The van der Waals surface area contributed by atoms with Crippen molar-refractivity contribution in [2.24, 2.45) is 16.7 Å². The second-order valence-corrected chi connectivity index (χ2v) is 11.1. The molecule has 4 rings (SSSR count). The van der Waals surface area contributed by atoms with Gasteiger partial charge in [-0.1, -0.05) is 6.42 Å². The van der Waals surface area contributed by atoms with Gasteiger partial charge in [-0.15, -0.1) is 0 Å². The molecule has 0 unspecified atom stereocenters. The molecule has 3 aliphatic rings. The fourth-order valence-corrected chi connectivity index (χ4v) is 5.34. The molecule has 204 valence electrons. The molecule has 0 radical (unpaired) electrons. The number of carbonyl (C=O) groups excluding carboxylic acids is 2. The molecule has 0 aliphatic heterocycles. The minimum absolute atomic E-state index is 0.0436. The third-order valence-corrected chi connectivity index (χ3v) is 8.39. The predicted molar refractivity (Wildman–Crippen MR) is 131 cm³/mol. The van der Waals surface area contributed by atoms with E-state index in [1.807, 2.05) is 0 Å². The summed E-state index contributed by atoms with van der Waals surface area (Å²) in [5, 5.41) is 15.2. The first-order valence-corrected chi connectivity index (χ1v) is 13.0. The Morgan fingerprint density at radius 1 is 1.08 bits per heavy atom. The largest absolute Gasteiger partial charge is 0.496 e. The number of methoxy groups -OCH3 is 1. The molecule has 37 heavy (non-hydrogen) atoms. The zero-order valence-corrected chi connectivity index (χ0v) is 21.4. The lowest BCUT2D eigenvalue weighted by atomic mass is 9.75. The summed E-state index contributed by atoms with van der Waals surface area (Å²) in [6.07, 6.45) is 4.91. The standard InChI is InChI=1S/C27H36F2N2O6/c1-26(25(34)35)8-6-16(7-9-26)37-22-12-18(21(36-2)13-19(22)29)24(33)31-20-5-3-4-17(20)23(32)30-15-27(14-28)10-11-27/h12-13,16-17,20H,3-11,14-15H2,1-2H3,(H,30,32)(H,31,33)(H,34,35)/t16-,17-,20+,26+/m0/s1. The highest BCUT2D eigenvalue weighted by Crippen LogP contribution is 2.45. The topological polar surface area (TPSA) is 114 Å². The molecule has 2 amide bonds. The molecule has 3 fully saturated rings. The summed E-state index contributed by atoms with van der Waals surface area (Å²) < 4.78 is 39.1. The minimum atomic E-state index is -0.853. The van der Waals surface area contributed by atoms with Crippen LogP contribution < -0.4 is 20.1 Å². The quantitative estimate of drug-likeness (QED) is 0.428. The van der Waals surface area contributed by atoms with Crippen LogP contribution in [0.4, 0.5) is 8.78 Å². The molecule has 0 saturated heterocycles. The Hall–Kier alpha value is -2.91. The van der Waals surface area contributed by atoms with Gasteiger partial charge in [0.05, 0.1) is 36.8 Å². The number of ether oxygens (including phenoxy) is 2. The monoisotopic (exact) mass is 522 g/mol. The maximum Gasteiger partial charge on any atom is 0.309 e. The number of rotatable bonds is 10. The van der Waals surface area contributed by atoms with Crippen molar-refractivity contribution in [2.75, 3.05) is 20.3 Å². The van der Waals surface area contributed by atoms with Crippen LogP contribution in [0, 0.1) is 22.6 Å². The number of carbonyl (C=O) groups is 3. The fourth-order valence-electron chi connectivity index (χ4n) is 5.34. The van der Waals surface area contributed by atoms with Crippen LogP contribution in [0.25, 0.3) is 0 Å². The molecule has 0 heterocycles. The molecule has 3 aliphatic carbocycles. The molecule has 3 saturated carbocycles. The molecular formula is C27H36F2N2O6. The van der Waals surface area contributed by atoms with E-state index >= 15 is 0 Å². The van der Waals surface area contributed by atoms with Crippen molar-refractivity contribution in [3.8, 4) is 11.5 Å². The number of aliphatic carboxylic acids is 1. The Kier molecular flexibility index (Phi) is 7.94. The van der Waals surface area contributed by atoms with Gasteiger partial charge in [-0.05, 0) is 64.4 Å². The summed E-state index contributed by atoms with van der Waals surface area (Å²) in [5.74, 6) is -2.71. The molecule has 1 aromatic rings. The Bertz CT molecular complexity index is 1040. The number of benzene rings is 1. The van der Waals surface area contributed by atoms with Gasteiger partial charge >= 0.3 is 5.97 Å². The van der Waals surface area contributed by atoms with Crippen LogP contribution in [-0.4, -0.2) is 55.4 Å². The lowest BCUT2D eigenvalue weighted by Gasteiger charge is -2.34. The molecule has 10 heteroatoms. The van der Waals surface area contributed by atoms with Gasteiger partial charge in [0.15, 0.2) is 11.6 Å². The predicted octanol–water partition coefficient (Wildman–Crippen LogP) is 4.01. The third-order valence-electron chi connectivity index (χ3n) is 8.39. The molecule has 0 bridgehead atoms. The van der Waals surface area contributed by atoms with Gasteiger partial charge in [-0.3, -0.25) is 18.8 Å². The molecule has 0 aromatic heterocycles. The average Bonchev–Trinajstić information content (AvgIpc) is 3.53. The SMILES string of the molecule is COc1cc(F)c(O[C@H]2CC[C@@](C)(C(=O)O)CC2)cc1C(=O)N[C@@H]1CCC[C@@H]1C(=O)NCC1(CF)CC1. The van der Waals surface area contributed by atoms with Crippen LogP contribution in [0.1, 0.15) is 75.1 Å². The zero-order valence-electron chi connectivity index (χ0n) is 21.4. The summed E-state index contributed by atoms with van der Waals surface area (Å²) in [5.41, 5.74) is -1.15. The van der Waals surface area contributed by atoms with E-state index in [0.717, 1.165) is 25.3 Å². The van der Waals surface area contributed by atoms with Crippen LogP contribution in [0.15, 0.2) is 12.1 Å². The summed E-state index contributed by atoms with van der Waals surface area (Å²) in [6.45, 7) is 1.55. The van der Waals surface area contributed by atoms with Gasteiger partial charge < -0.3 is 25.2 Å². The van der Waals surface area contributed by atoms with Gasteiger partial charge in [0.2, 0.25) is 5.91 Å². The zero-order chi connectivity index (χ0) is 26.8. The lowest BCUT2D eigenvalue weighted by Crippen LogP contribution is -2.45. The molecule has 0 spiro atoms. The van der Waals surface area contributed by atoms with Crippen molar-refractivity contribution in [2.45, 2.75) is 76.9 Å². The Morgan fingerprint density at radius 3 is 2.38 bits per heavy atom. The molecule has 1 aromatic carbocycles. The molecule has 2 atom stereocenters. The second kappa shape index (κ2) is 10.8. The number of carboxylic acid groups (broad SMARTS) is 1. The van der Waals surface area contributed by atoms with E-state index in [1.54, 1.807) is 6.92 Å². The highest BCUT2D eigenvalue weighted by atomic mass is 19.1. The second-order valence-electron chi connectivity index (χ2n) is 11.1. The first-order chi connectivity index (χ1) is 17.6. The number of halogens is 2. The number of nitrogens with one attached hydrogen (secondary N) is 2. The number of amides is 2. The number of hydrogen-bond donors (Lipinski definition) is 3. The van der Waals surface area contributed by atoms with Crippen LogP contribution >= 0.6 is 0 Å². The summed E-state index contributed by atoms with van der Waals surface area (Å²) in [4.78, 5) is 37.5. The maximum atomic E-state index is 14.8. The summed E-state index contributed by atoms with van der Waals surface area (Å²) >= 11 is 0. The lowest BCUT2D eigenvalue weighted by molar-refractivity contribution is -0.150. The Balaban J connectivity index is 1.41. The Morgan fingerprint density at radius 2 is 1.78 bits per heavy atom. The van der Waals surface area contributed by atoms with Crippen molar-refractivity contribution in [1.82, 2.24) is 10.6 Å². The number of alkyl halides is 1. The van der Waals surface area contributed by atoms with Crippen LogP contribution in [0.3, 0.4) is 0 Å². The molecule has 8 nitrogen and oxygen atoms in total. The van der Waals surface area contributed by atoms with E-state index in [1.165, 1.54) is 13.2 Å². The van der Waals surface area contributed by atoms with Gasteiger partial charge in [0.25, 0.3) is 5.91 Å². The van der Waals surface area contributed by atoms with E-state index < -0.39 is 47.2 Å². The van der Waals surface area contributed by atoms with Crippen LogP contribution in [0.5, 0.6) is 11.5 Å². The number of hydrogen-bond acceptors (Lipinski definition) is 5. The highest BCUT2D eigenvalue weighted by Gasteiger charge is 2.44. The summed E-state index contributed by atoms with van der Waals surface area (Å²) in [7, 11) is 1.34. The van der Waals surface area contributed by atoms with E-state index in [4.69, 9.17) is 9.47 Å². The highest BCUT2D eigenvalue weighted by molar-refractivity contribution is 5.98. The summed E-state index contributed by atoms with van der Waals surface area (Å²) in [6, 6.07) is 2.00. The van der Waals surface area contributed by atoms with Gasteiger partial charge in [-0.25, -0.2) is 4.39 Å². The van der Waals surface area contributed by atoms with Crippen molar-refractivity contribution < 1.29 is 37.7 Å². The van der Waals surface area contributed by atoms with Gasteiger partial charge in [0.1, 0.15) is 5.75 Å². The van der Waals surface area contributed by atoms with Gasteiger partial charge in [0, 0.05) is 24.1 Å². The van der Waals surface area contributed by atoms with Crippen molar-refractivity contribution in [3.63, 3.8) is 0 Å². The smallest absolute Gasteiger partial charge is 0.309 e. The fraction of sp³-hybridized carbons (Fsp3) is 0.667. The van der Waals surface area contributed by atoms with Crippen molar-refractivity contribution in [1.29, 1.82) is 0 Å². The van der Waals surface area contributed by atoms with Gasteiger partial charge in [-0.2, -0.15) is 0 Å². The van der Waals surface area contributed by atoms with E-state index in [2.05, 4.69) is 10.6 Å². The average molecular weight is 523 g/mol. The van der Waals surface area contributed by atoms with E-state index in [-0.39, 0.29) is 29.1 Å². The van der Waals surface area contributed by atoms with Crippen LogP contribution in [0.2, 0.25) is 0 Å².